The molecule has 4 heteroatoms. The topological polar surface area (TPSA) is 45.1 Å². The molecule has 0 aliphatic carbocycles. The Balaban J connectivity index is 1.77. The lowest BCUT2D eigenvalue weighted by Gasteiger charge is -2.38. The monoisotopic (exact) mass is 288 g/mol. The molecule has 20 heavy (non-hydrogen) atoms. The third kappa shape index (κ3) is 2.77. The molecule has 3 nitrogen and oxygen atoms in total. The molecule has 1 aromatic carbocycles. The van der Waals surface area contributed by atoms with E-state index < -0.39 is 5.60 Å². The van der Waals surface area contributed by atoms with Crippen LogP contribution in [0.1, 0.15) is 18.4 Å². The van der Waals surface area contributed by atoms with Crippen LogP contribution in [0.4, 0.5) is 0 Å². The van der Waals surface area contributed by atoms with Crippen molar-refractivity contribution < 1.29 is 5.11 Å². The number of aromatic nitrogens is 1. The third-order valence-electron chi connectivity index (χ3n) is 4.18. The van der Waals surface area contributed by atoms with E-state index in [4.69, 9.17) is 4.98 Å². The van der Waals surface area contributed by atoms with E-state index in [-0.39, 0.29) is 5.92 Å². The number of rotatable bonds is 3. The summed E-state index contributed by atoms with van der Waals surface area (Å²) in [4.78, 5) is 4.69. The minimum absolute atomic E-state index is 0.264. The summed E-state index contributed by atoms with van der Waals surface area (Å²) in [6.07, 6.45) is 1.46. The van der Waals surface area contributed by atoms with Gasteiger partial charge >= 0.3 is 0 Å². The lowest BCUT2D eigenvalue weighted by atomic mass is 9.80. The Bertz CT molecular complexity index is 569. The van der Waals surface area contributed by atoms with Gasteiger partial charge in [0.2, 0.25) is 0 Å². The van der Waals surface area contributed by atoms with Crippen LogP contribution in [0.25, 0.3) is 11.3 Å². The maximum Gasteiger partial charge on any atom is 0.0961 e. The van der Waals surface area contributed by atoms with Crippen molar-refractivity contribution in [1.82, 2.24) is 10.3 Å². The molecule has 3 rings (SSSR count). The van der Waals surface area contributed by atoms with Gasteiger partial charge in [0.15, 0.2) is 0 Å². The van der Waals surface area contributed by atoms with Gasteiger partial charge in [0.25, 0.3) is 0 Å². The molecule has 2 N–H and O–H groups in total. The Morgan fingerprint density at radius 3 is 2.95 bits per heavy atom. The normalized spacial score (nSPS) is 26.6. The van der Waals surface area contributed by atoms with Gasteiger partial charge in [-0.15, -0.1) is 11.3 Å². The standard InChI is InChI=1S/C16H20N2OS/c1-12-10-17-8-7-16(12,19)9-15-18-14(11-20-15)13-5-3-2-4-6-13/h2-6,11-12,17,19H,7-10H2,1H3. The molecule has 1 saturated heterocycles. The van der Waals surface area contributed by atoms with E-state index in [0.717, 1.165) is 35.8 Å². The van der Waals surface area contributed by atoms with Gasteiger partial charge in [0, 0.05) is 23.9 Å². The lowest BCUT2D eigenvalue weighted by molar-refractivity contribution is -0.0329. The van der Waals surface area contributed by atoms with E-state index in [2.05, 4.69) is 29.8 Å². The molecule has 1 aliphatic heterocycles. The molecule has 1 aliphatic rings. The van der Waals surface area contributed by atoms with Crippen molar-refractivity contribution in [2.45, 2.75) is 25.4 Å². The zero-order valence-corrected chi connectivity index (χ0v) is 12.5. The van der Waals surface area contributed by atoms with Gasteiger partial charge in [-0.05, 0) is 18.9 Å². The quantitative estimate of drug-likeness (QED) is 0.913. The first kappa shape index (κ1) is 13.7. The largest absolute Gasteiger partial charge is 0.389 e. The third-order valence-corrected chi connectivity index (χ3v) is 5.03. The van der Waals surface area contributed by atoms with Crippen molar-refractivity contribution in [3.63, 3.8) is 0 Å². The summed E-state index contributed by atoms with van der Waals surface area (Å²) >= 11 is 1.65. The second kappa shape index (κ2) is 5.64. The van der Waals surface area contributed by atoms with Crippen molar-refractivity contribution >= 4 is 11.3 Å². The van der Waals surface area contributed by atoms with E-state index in [1.807, 2.05) is 18.2 Å². The van der Waals surface area contributed by atoms with Gasteiger partial charge in [0.05, 0.1) is 16.3 Å². The first-order valence-corrected chi connectivity index (χ1v) is 7.98. The molecular formula is C16H20N2OS. The van der Waals surface area contributed by atoms with E-state index in [0.29, 0.717) is 6.42 Å². The van der Waals surface area contributed by atoms with Crippen molar-refractivity contribution in [1.29, 1.82) is 0 Å². The summed E-state index contributed by atoms with van der Waals surface area (Å²) in [5, 5.41) is 17.2. The Kier molecular flexibility index (Phi) is 3.87. The van der Waals surface area contributed by atoms with Gasteiger partial charge in [-0.3, -0.25) is 0 Å². The van der Waals surface area contributed by atoms with E-state index >= 15 is 0 Å². The zero-order chi connectivity index (χ0) is 14.0. The smallest absolute Gasteiger partial charge is 0.0961 e. The number of nitrogens with one attached hydrogen (secondary N) is 1. The highest BCUT2D eigenvalue weighted by Crippen LogP contribution is 2.31. The molecule has 106 valence electrons. The molecule has 0 saturated carbocycles. The average molecular weight is 288 g/mol. The number of benzene rings is 1. The van der Waals surface area contributed by atoms with E-state index in [1.54, 1.807) is 11.3 Å². The fraction of sp³-hybridized carbons (Fsp3) is 0.438. The number of aliphatic hydroxyl groups is 1. The molecule has 2 unspecified atom stereocenters. The van der Waals surface area contributed by atoms with Gasteiger partial charge in [-0.25, -0.2) is 4.98 Å². The zero-order valence-electron chi connectivity index (χ0n) is 11.7. The van der Waals surface area contributed by atoms with Crippen LogP contribution in [0.5, 0.6) is 0 Å². The maximum absolute atomic E-state index is 10.8. The average Bonchev–Trinajstić information content (AvgIpc) is 2.92. The fourth-order valence-corrected chi connectivity index (χ4v) is 3.64. The van der Waals surface area contributed by atoms with Crippen LogP contribution >= 0.6 is 11.3 Å². The Morgan fingerprint density at radius 2 is 2.20 bits per heavy atom. The van der Waals surface area contributed by atoms with Crippen LogP contribution in [-0.2, 0) is 6.42 Å². The highest BCUT2D eigenvalue weighted by molar-refractivity contribution is 7.09. The minimum Gasteiger partial charge on any atom is -0.389 e. The van der Waals surface area contributed by atoms with Crippen LogP contribution in [0.15, 0.2) is 35.7 Å². The van der Waals surface area contributed by atoms with Crippen LogP contribution in [0, 0.1) is 5.92 Å². The van der Waals surface area contributed by atoms with Gasteiger partial charge in [-0.1, -0.05) is 37.3 Å². The summed E-state index contributed by atoms with van der Waals surface area (Å²) < 4.78 is 0. The number of hydrogen-bond donors (Lipinski definition) is 2. The molecule has 1 aromatic heterocycles. The SMILES string of the molecule is CC1CNCCC1(O)Cc1nc(-c2ccccc2)cs1. The molecule has 1 fully saturated rings. The molecule has 0 radical (unpaired) electrons. The van der Waals surface area contributed by atoms with Crippen LogP contribution in [0.2, 0.25) is 0 Å². The predicted octanol–water partition coefficient (Wildman–Crippen LogP) is 2.71. The number of hydrogen-bond acceptors (Lipinski definition) is 4. The van der Waals surface area contributed by atoms with E-state index in [9.17, 15) is 5.11 Å². The molecule has 0 spiro atoms. The maximum atomic E-state index is 10.8. The summed E-state index contributed by atoms with van der Waals surface area (Å²) in [6.45, 7) is 3.88. The van der Waals surface area contributed by atoms with Crippen molar-refractivity contribution in [3.8, 4) is 11.3 Å². The molecule has 2 atom stereocenters. The van der Waals surface area contributed by atoms with Gasteiger partial charge < -0.3 is 10.4 Å². The molecular weight excluding hydrogens is 268 g/mol. The molecule has 0 amide bonds. The fourth-order valence-electron chi connectivity index (χ4n) is 2.72. The van der Waals surface area contributed by atoms with Crippen molar-refractivity contribution in [3.05, 3.63) is 40.7 Å². The second-order valence-corrected chi connectivity index (χ2v) is 6.57. The van der Waals surface area contributed by atoms with Crippen LogP contribution < -0.4 is 5.32 Å². The molecule has 2 heterocycles. The molecule has 2 aromatic rings. The van der Waals surface area contributed by atoms with Crippen LogP contribution in [-0.4, -0.2) is 28.8 Å². The number of nitrogens with zero attached hydrogens (tertiary/aromatic N) is 1. The summed E-state index contributed by atoms with van der Waals surface area (Å²) in [7, 11) is 0. The number of thiazole rings is 1. The molecule has 0 bridgehead atoms. The van der Waals surface area contributed by atoms with Crippen LogP contribution in [0.3, 0.4) is 0 Å². The van der Waals surface area contributed by atoms with Crippen molar-refractivity contribution in [2.24, 2.45) is 5.92 Å². The minimum atomic E-state index is -0.614. The highest BCUT2D eigenvalue weighted by atomic mass is 32.1. The lowest BCUT2D eigenvalue weighted by Crippen LogP contribution is -2.50. The summed E-state index contributed by atoms with van der Waals surface area (Å²) in [6, 6.07) is 10.2. The van der Waals surface area contributed by atoms with Gasteiger partial charge in [-0.2, -0.15) is 0 Å². The van der Waals surface area contributed by atoms with Gasteiger partial charge in [0.1, 0.15) is 0 Å². The second-order valence-electron chi connectivity index (χ2n) is 5.63. The summed E-state index contributed by atoms with van der Waals surface area (Å²) in [5.41, 5.74) is 1.54. The highest BCUT2D eigenvalue weighted by Gasteiger charge is 2.36. The van der Waals surface area contributed by atoms with Crippen molar-refractivity contribution in [2.75, 3.05) is 13.1 Å². The Hall–Kier alpha value is -1.23. The Morgan fingerprint density at radius 1 is 1.40 bits per heavy atom. The first-order valence-electron chi connectivity index (χ1n) is 7.10. The number of piperidine rings is 1. The van der Waals surface area contributed by atoms with E-state index in [1.165, 1.54) is 0 Å². The Labute approximate surface area is 123 Å². The first-order chi connectivity index (χ1) is 9.67. The predicted molar refractivity (Wildman–Crippen MR) is 82.9 cm³/mol. The summed E-state index contributed by atoms with van der Waals surface area (Å²) in [5.74, 6) is 0.264.